The summed E-state index contributed by atoms with van der Waals surface area (Å²) in [6.07, 6.45) is 1.01. The molecule has 2 aromatic rings. The van der Waals surface area contributed by atoms with Crippen LogP contribution in [0.4, 0.5) is 5.69 Å². The van der Waals surface area contributed by atoms with Gasteiger partial charge >= 0.3 is 0 Å². The van der Waals surface area contributed by atoms with Crippen molar-refractivity contribution in [3.8, 4) is 5.75 Å². The predicted octanol–water partition coefficient (Wildman–Crippen LogP) is 1.80. The number of quaternary nitrogens is 1. The summed E-state index contributed by atoms with van der Waals surface area (Å²) in [6, 6.07) is 17.7. The molecule has 2 aromatic carbocycles. The molecular weight excluding hydrogens is 350 g/mol. The van der Waals surface area contributed by atoms with Gasteiger partial charge in [0.2, 0.25) is 0 Å². The molecule has 5 nitrogen and oxygen atoms in total. The van der Waals surface area contributed by atoms with Gasteiger partial charge in [0.25, 0.3) is 5.91 Å². The summed E-state index contributed by atoms with van der Waals surface area (Å²) in [5.74, 6) is 0.792. The third kappa shape index (κ3) is 5.04. The number of hydrogen-bond donors (Lipinski definition) is 3. The van der Waals surface area contributed by atoms with Crippen LogP contribution in [0.2, 0.25) is 0 Å². The summed E-state index contributed by atoms with van der Waals surface area (Å²) in [6.45, 7) is 8.59. The largest absolute Gasteiger partial charge is 0.508 e. The Morgan fingerprint density at radius 1 is 1.11 bits per heavy atom. The standard InChI is InChI=1S/C23H31N3O2/c1-3-19(20-7-5-4-6-8-20)17-24-23(28)18(2)25-13-15-26(16-14-25)21-9-11-22(27)12-10-21/h4-12,18-19,27H,3,13-17H2,1-2H3,(H,24,28)/p+1/t18-,19-/m1/s1. The molecule has 0 radical (unpaired) electrons. The summed E-state index contributed by atoms with van der Waals surface area (Å²) < 4.78 is 0. The van der Waals surface area contributed by atoms with E-state index >= 15 is 0 Å². The second-order valence-corrected chi connectivity index (χ2v) is 7.64. The lowest BCUT2D eigenvalue weighted by molar-refractivity contribution is -0.914. The van der Waals surface area contributed by atoms with E-state index in [1.165, 1.54) is 10.5 Å². The highest BCUT2D eigenvalue weighted by Crippen LogP contribution is 2.19. The molecule has 0 aliphatic carbocycles. The van der Waals surface area contributed by atoms with Crippen molar-refractivity contribution in [2.45, 2.75) is 32.2 Å². The van der Waals surface area contributed by atoms with Crippen molar-refractivity contribution in [1.82, 2.24) is 5.32 Å². The number of nitrogens with zero attached hydrogens (tertiary/aromatic N) is 1. The van der Waals surface area contributed by atoms with Gasteiger partial charge in [-0.25, -0.2) is 0 Å². The Hall–Kier alpha value is -2.53. The first kappa shape index (κ1) is 20.2. The molecule has 2 atom stereocenters. The number of benzene rings is 2. The van der Waals surface area contributed by atoms with Crippen LogP contribution in [0.15, 0.2) is 54.6 Å². The Labute approximate surface area is 168 Å². The zero-order valence-electron chi connectivity index (χ0n) is 16.9. The van der Waals surface area contributed by atoms with Crippen molar-refractivity contribution in [3.63, 3.8) is 0 Å². The molecule has 28 heavy (non-hydrogen) atoms. The minimum Gasteiger partial charge on any atom is -0.508 e. The van der Waals surface area contributed by atoms with Gasteiger partial charge in [0.15, 0.2) is 6.04 Å². The van der Waals surface area contributed by atoms with Crippen LogP contribution in [0, 0.1) is 0 Å². The van der Waals surface area contributed by atoms with Crippen molar-refractivity contribution in [3.05, 3.63) is 60.2 Å². The van der Waals surface area contributed by atoms with Crippen LogP contribution < -0.4 is 15.1 Å². The summed E-state index contributed by atoms with van der Waals surface area (Å²) in [7, 11) is 0. The lowest BCUT2D eigenvalue weighted by Crippen LogP contribution is -3.19. The van der Waals surface area contributed by atoms with Crippen LogP contribution in [0.25, 0.3) is 0 Å². The Bertz CT molecular complexity index is 740. The van der Waals surface area contributed by atoms with Crippen molar-refractivity contribution in [1.29, 1.82) is 0 Å². The monoisotopic (exact) mass is 382 g/mol. The molecule has 1 aliphatic heterocycles. The third-order valence-electron chi connectivity index (χ3n) is 5.91. The molecule has 1 saturated heterocycles. The smallest absolute Gasteiger partial charge is 0.278 e. The summed E-state index contributed by atoms with van der Waals surface area (Å²) >= 11 is 0. The van der Waals surface area contributed by atoms with E-state index in [1.54, 1.807) is 12.1 Å². The lowest BCUT2D eigenvalue weighted by Gasteiger charge is -2.36. The molecule has 0 bridgehead atoms. The second kappa shape index (κ2) is 9.60. The van der Waals surface area contributed by atoms with Crippen LogP contribution >= 0.6 is 0 Å². The van der Waals surface area contributed by atoms with Gasteiger partial charge in [-0.3, -0.25) is 4.79 Å². The number of carbonyl (C=O) groups is 1. The molecular formula is C23H32N3O2+. The average Bonchev–Trinajstić information content (AvgIpc) is 2.75. The quantitative estimate of drug-likeness (QED) is 0.684. The third-order valence-corrected chi connectivity index (χ3v) is 5.91. The molecule has 0 aromatic heterocycles. The average molecular weight is 383 g/mol. The maximum Gasteiger partial charge on any atom is 0.278 e. The highest BCUT2D eigenvalue weighted by molar-refractivity contribution is 5.80. The molecule has 3 rings (SSSR count). The van der Waals surface area contributed by atoms with Gasteiger partial charge in [0.1, 0.15) is 5.75 Å². The van der Waals surface area contributed by atoms with Crippen molar-refractivity contribution in [2.24, 2.45) is 0 Å². The van der Waals surface area contributed by atoms with Crippen molar-refractivity contribution >= 4 is 11.6 Å². The molecule has 1 aliphatic rings. The molecule has 1 fully saturated rings. The van der Waals surface area contributed by atoms with Crippen LogP contribution in [0.3, 0.4) is 0 Å². The maximum absolute atomic E-state index is 12.7. The lowest BCUT2D eigenvalue weighted by atomic mass is 9.96. The fourth-order valence-electron chi connectivity index (χ4n) is 3.93. The summed E-state index contributed by atoms with van der Waals surface area (Å²) in [5.41, 5.74) is 2.41. The Kier molecular flexibility index (Phi) is 6.93. The van der Waals surface area contributed by atoms with Gasteiger partial charge in [-0.15, -0.1) is 0 Å². The van der Waals surface area contributed by atoms with Gasteiger partial charge in [0, 0.05) is 18.2 Å². The van der Waals surface area contributed by atoms with Crippen LogP contribution in [0.1, 0.15) is 31.7 Å². The minimum absolute atomic E-state index is 0.0461. The minimum atomic E-state index is -0.0461. The molecule has 5 heteroatoms. The predicted molar refractivity (Wildman–Crippen MR) is 113 cm³/mol. The Morgan fingerprint density at radius 2 is 1.75 bits per heavy atom. The Balaban J connectivity index is 1.48. The van der Waals surface area contributed by atoms with E-state index in [2.05, 4.69) is 41.4 Å². The van der Waals surface area contributed by atoms with E-state index in [1.807, 2.05) is 25.1 Å². The number of piperazine rings is 1. The van der Waals surface area contributed by atoms with E-state index in [0.29, 0.717) is 18.2 Å². The first-order valence-corrected chi connectivity index (χ1v) is 10.3. The van der Waals surface area contributed by atoms with E-state index in [9.17, 15) is 9.90 Å². The SMILES string of the molecule is CC[C@H](CNC(=O)[C@@H](C)[NH+]1CCN(c2ccc(O)cc2)CC1)c1ccccc1. The number of nitrogens with one attached hydrogen (secondary N) is 2. The number of phenolic OH excluding ortho intramolecular Hbond substituents is 1. The van der Waals surface area contributed by atoms with E-state index in [-0.39, 0.29) is 11.9 Å². The number of carbonyl (C=O) groups excluding carboxylic acids is 1. The van der Waals surface area contributed by atoms with E-state index in [0.717, 1.165) is 38.3 Å². The zero-order chi connectivity index (χ0) is 19.9. The fraction of sp³-hybridized carbons (Fsp3) is 0.435. The van der Waals surface area contributed by atoms with Crippen molar-refractivity contribution < 1.29 is 14.8 Å². The fourth-order valence-corrected chi connectivity index (χ4v) is 3.93. The highest BCUT2D eigenvalue weighted by Gasteiger charge is 2.29. The molecule has 150 valence electrons. The molecule has 0 unspecified atom stereocenters. The van der Waals surface area contributed by atoms with Crippen molar-refractivity contribution in [2.75, 3.05) is 37.6 Å². The molecule has 3 N–H and O–H groups in total. The van der Waals surface area contributed by atoms with Gasteiger partial charge in [0.05, 0.1) is 26.2 Å². The summed E-state index contributed by atoms with van der Waals surface area (Å²) in [4.78, 5) is 16.4. The topological polar surface area (TPSA) is 57.0 Å². The van der Waals surface area contributed by atoms with Gasteiger partial charge < -0.3 is 20.2 Å². The Morgan fingerprint density at radius 3 is 2.36 bits per heavy atom. The van der Waals surface area contributed by atoms with Gasteiger partial charge in [-0.1, -0.05) is 37.3 Å². The van der Waals surface area contributed by atoms with E-state index in [4.69, 9.17) is 0 Å². The number of aromatic hydroxyl groups is 1. The van der Waals surface area contributed by atoms with Crippen LogP contribution in [0.5, 0.6) is 5.75 Å². The van der Waals surface area contributed by atoms with E-state index < -0.39 is 0 Å². The maximum atomic E-state index is 12.7. The van der Waals surface area contributed by atoms with Gasteiger partial charge in [-0.2, -0.15) is 0 Å². The number of amides is 1. The molecule has 1 heterocycles. The number of rotatable bonds is 7. The molecule has 0 saturated carbocycles. The number of anilines is 1. The normalized spacial score (nSPS) is 17.1. The zero-order valence-corrected chi connectivity index (χ0v) is 16.9. The van der Waals surface area contributed by atoms with Gasteiger partial charge in [-0.05, 0) is 43.2 Å². The van der Waals surface area contributed by atoms with Crippen LogP contribution in [-0.4, -0.2) is 49.8 Å². The second-order valence-electron chi connectivity index (χ2n) is 7.64. The highest BCUT2D eigenvalue weighted by atomic mass is 16.3. The summed E-state index contributed by atoms with van der Waals surface area (Å²) in [5, 5.41) is 12.6. The van der Waals surface area contributed by atoms with Crippen LogP contribution in [-0.2, 0) is 4.79 Å². The molecule has 0 spiro atoms. The first-order valence-electron chi connectivity index (χ1n) is 10.3. The number of hydrogen-bond acceptors (Lipinski definition) is 3. The molecule has 1 amide bonds. The number of phenols is 1. The first-order chi connectivity index (χ1) is 13.6.